The second-order valence-electron chi connectivity index (χ2n) is 11.7. The maximum Gasteiger partial charge on any atom is 0.260 e. The maximum absolute atomic E-state index is 13.5. The fraction of sp³-hybridized carbons (Fsp3) is 0.667. The lowest BCUT2D eigenvalue weighted by Crippen LogP contribution is -2.52. The van der Waals surface area contributed by atoms with Gasteiger partial charge in [-0.1, -0.05) is 53.7 Å². The van der Waals surface area contributed by atoms with E-state index in [1.165, 1.54) is 4.90 Å². The fourth-order valence-corrected chi connectivity index (χ4v) is 5.38. The van der Waals surface area contributed by atoms with Gasteiger partial charge in [0.2, 0.25) is 0 Å². The summed E-state index contributed by atoms with van der Waals surface area (Å²) in [6.07, 6.45) is -1.81. The normalized spacial score (nSPS) is 20.8. The molecule has 1 saturated heterocycles. The van der Waals surface area contributed by atoms with Crippen molar-refractivity contribution in [3.8, 4) is 5.75 Å². The van der Waals surface area contributed by atoms with Gasteiger partial charge < -0.3 is 13.6 Å². The molecule has 2 rings (SSSR count). The third-order valence-corrected chi connectivity index (χ3v) is 16.2. The Kier molecular flexibility index (Phi) is 7.56. The molecule has 6 nitrogen and oxygen atoms in total. The van der Waals surface area contributed by atoms with E-state index in [1.807, 2.05) is 24.3 Å². The number of imide groups is 1. The lowest BCUT2D eigenvalue weighted by molar-refractivity contribution is -0.141. The maximum atomic E-state index is 13.5. The van der Waals surface area contributed by atoms with Gasteiger partial charge in [-0.25, -0.2) is 0 Å². The number of hydrogen-bond donors (Lipinski definition) is 0. The van der Waals surface area contributed by atoms with E-state index >= 15 is 0 Å². The molecule has 1 fully saturated rings. The SMILES string of the molecule is COc1ccc(CN2C(=O)[C@H](O[Si](C)(C)C(C)(C)C)[C@@H](O[Si](C)(C)C(C)(C)C)C2=O)cc1. The Morgan fingerprint density at radius 3 is 1.47 bits per heavy atom. The molecule has 0 radical (unpaired) electrons. The van der Waals surface area contributed by atoms with E-state index in [1.54, 1.807) is 7.11 Å². The van der Waals surface area contributed by atoms with Crippen molar-refractivity contribution in [1.82, 2.24) is 4.90 Å². The number of methoxy groups -OCH3 is 1. The fourth-order valence-electron chi connectivity index (χ4n) is 2.96. The van der Waals surface area contributed by atoms with Gasteiger partial charge in [-0.05, 0) is 54.0 Å². The monoisotopic (exact) mass is 479 g/mol. The molecular formula is C24H41NO5Si2. The van der Waals surface area contributed by atoms with Crippen LogP contribution < -0.4 is 4.74 Å². The highest BCUT2D eigenvalue weighted by molar-refractivity contribution is 6.75. The van der Waals surface area contributed by atoms with Gasteiger partial charge in [-0.2, -0.15) is 0 Å². The number of amides is 2. The minimum Gasteiger partial charge on any atom is -0.497 e. The van der Waals surface area contributed by atoms with Gasteiger partial charge in [0.15, 0.2) is 28.8 Å². The first-order valence-electron chi connectivity index (χ1n) is 11.2. The first-order chi connectivity index (χ1) is 14.4. The van der Waals surface area contributed by atoms with E-state index < -0.39 is 28.8 Å². The number of ether oxygens (including phenoxy) is 1. The predicted molar refractivity (Wildman–Crippen MR) is 133 cm³/mol. The number of nitrogens with zero attached hydrogens (tertiary/aromatic N) is 1. The minimum atomic E-state index is -2.32. The molecule has 2 atom stereocenters. The molecular weight excluding hydrogens is 438 g/mol. The van der Waals surface area contributed by atoms with Gasteiger partial charge in [-0.3, -0.25) is 14.5 Å². The minimum absolute atomic E-state index is 0.0960. The van der Waals surface area contributed by atoms with Gasteiger partial charge in [-0.15, -0.1) is 0 Å². The molecule has 0 spiro atoms. The van der Waals surface area contributed by atoms with Gasteiger partial charge in [0.1, 0.15) is 5.75 Å². The Bertz CT molecular complexity index is 791. The van der Waals surface area contributed by atoms with Gasteiger partial charge in [0, 0.05) is 0 Å². The topological polar surface area (TPSA) is 65.1 Å². The Morgan fingerprint density at radius 2 is 1.16 bits per heavy atom. The van der Waals surface area contributed by atoms with E-state index in [4.69, 9.17) is 13.6 Å². The van der Waals surface area contributed by atoms with Gasteiger partial charge in [0.25, 0.3) is 11.8 Å². The van der Waals surface area contributed by atoms with Crippen LogP contribution in [0.25, 0.3) is 0 Å². The molecule has 8 heteroatoms. The summed E-state index contributed by atoms with van der Waals surface area (Å²) in [4.78, 5) is 28.3. The van der Waals surface area contributed by atoms with Crippen LogP contribution in [0.1, 0.15) is 47.1 Å². The number of benzene rings is 1. The van der Waals surface area contributed by atoms with Crippen molar-refractivity contribution in [2.75, 3.05) is 7.11 Å². The summed E-state index contributed by atoms with van der Waals surface area (Å²) in [5.41, 5.74) is 0.853. The average molecular weight is 480 g/mol. The molecule has 0 N–H and O–H groups in total. The smallest absolute Gasteiger partial charge is 0.260 e. The number of carbonyl (C=O) groups is 2. The number of likely N-dealkylation sites (tertiary alicyclic amines) is 1. The Morgan fingerprint density at radius 1 is 0.781 bits per heavy atom. The largest absolute Gasteiger partial charge is 0.497 e. The number of hydrogen-bond acceptors (Lipinski definition) is 5. The van der Waals surface area contributed by atoms with Crippen LogP contribution in [0.4, 0.5) is 0 Å². The van der Waals surface area contributed by atoms with Gasteiger partial charge in [0.05, 0.1) is 13.7 Å². The molecule has 32 heavy (non-hydrogen) atoms. The van der Waals surface area contributed by atoms with Crippen LogP contribution in [0.3, 0.4) is 0 Å². The second kappa shape index (κ2) is 9.04. The van der Waals surface area contributed by atoms with E-state index in [-0.39, 0.29) is 28.4 Å². The van der Waals surface area contributed by atoms with Crippen LogP contribution in [-0.2, 0) is 25.0 Å². The lowest BCUT2D eigenvalue weighted by Gasteiger charge is -2.41. The van der Waals surface area contributed by atoms with Crippen molar-refractivity contribution in [1.29, 1.82) is 0 Å². The first kappa shape index (κ1) is 26.8. The summed E-state index contributed by atoms with van der Waals surface area (Å²) in [6.45, 7) is 21.3. The standard InChI is InChI=1S/C24H41NO5Si2/c1-23(2,3)31(8,9)29-19-20(30-32(10,11)24(4,5)6)22(27)25(21(19)26)16-17-12-14-18(28-7)15-13-17/h12-15,19-20H,16H2,1-11H3/t19-,20-/m1/s1. The van der Waals surface area contributed by atoms with Crippen LogP contribution in [0, 0.1) is 0 Å². The number of carbonyl (C=O) groups excluding carboxylic acids is 2. The van der Waals surface area contributed by atoms with Crippen molar-refractivity contribution < 1.29 is 23.2 Å². The third-order valence-electron chi connectivity index (χ3n) is 7.25. The van der Waals surface area contributed by atoms with Crippen LogP contribution in [-0.4, -0.2) is 52.7 Å². The molecule has 1 aromatic rings. The molecule has 1 aliphatic heterocycles. The van der Waals surface area contributed by atoms with Gasteiger partial charge >= 0.3 is 0 Å². The van der Waals surface area contributed by atoms with Crippen LogP contribution in [0.15, 0.2) is 24.3 Å². The summed E-state index contributed by atoms with van der Waals surface area (Å²) in [6, 6.07) is 7.39. The van der Waals surface area contributed by atoms with E-state index in [9.17, 15) is 9.59 Å². The number of rotatable bonds is 7. The van der Waals surface area contributed by atoms with Crippen molar-refractivity contribution in [3.05, 3.63) is 29.8 Å². The summed E-state index contributed by atoms with van der Waals surface area (Å²) in [5, 5.41) is -0.192. The summed E-state index contributed by atoms with van der Waals surface area (Å²) in [5.74, 6) is 0.116. The predicted octanol–water partition coefficient (Wildman–Crippen LogP) is 5.34. The Hall–Kier alpha value is -1.49. The summed E-state index contributed by atoms with van der Waals surface area (Å²) < 4.78 is 18.3. The molecule has 180 valence electrons. The zero-order valence-electron chi connectivity index (χ0n) is 21.7. The molecule has 0 bridgehead atoms. The van der Waals surface area contributed by atoms with Crippen LogP contribution >= 0.6 is 0 Å². The molecule has 1 aromatic carbocycles. The highest BCUT2D eigenvalue weighted by atomic mass is 28.4. The summed E-state index contributed by atoms with van der Waals surface area (Å²) >= 11 is 0. The van der Waals surface area contributed by atoms with Crippen molar-refractivity contribution in [2.24, 2.45) is 0 Å². The van der Waals surface area contributed by atoms with Crippen molar-refractivity contribution in [3.63, 3.8) is 0 Å². The summed E-state index contributed by atoms with van der Waals surface area (Å²) in [7, 11) is -3.03. The first-order valence-corrected chi connectivity index (χ1v) is 17.1. The van der Waals surface area contributed by atoms with Crippen LogP contribution in [0.5, 0.6) is 5.75 Å². The Balaban J connectivity index is 2.40. The highest BCUT2D eigenvalue weighted by Gasteiger charge is 2.55. The molecule has 1 heterocycles. The second-order valence-corrected chi connectivity index (χ2v) is 21.2. The Labute approximate surface area is 195 Å². The molecule has 0 aromatic heterocycles. The lowest BCUT2D eigenvalue weighted by atomic mass is 10.2. The van der Waals surface area contributed by atoms with Crippen molar-refractivity contribution >= 4 is 28.4 Å². The average Bonchev–Trinajstić information content (AvgIpc) is 2.85. The molecule has 1 aliphatic rings. The van der Waals surface area contributed by atoms with E-state index in [0.717, 1.165) is 11.3 Å². The zero-order valence-corrected chi connectivity index (χ0v) is 23.7. The van der Waals surface area contributed by atoms with Crippen LogP contribution in [0.2, 0.25) is 36.3 Å². The molecule has 2 amide bonds. The quantitative estimate of drug-likeness (QED) is 0.390. The zero-order chi connectivity index (χ0) is 24.7. The van der Waals surface area contributed by atoms with E-state index in [2.05, 4.69) is 67.7 Å². The highest BCUT2D eigenvalue weighted by Crippen LogP contribution is 2.42. The van der Waals surface area contributed by atoms with Crippen molar-refractivity contribution in [2.45, 2.75) is 96.6 Å². The van der Waals surface area contributed by atoms with E-state index in [0.29, 0.717) is 0 Å². The molecule has 0 unspecified atom stereocenters. The molecule has 0 aliphatic carbocycles. The third kappa shape index (κ3) is 5.52. The molecule has 0 saturated carbocycles.